The first-order valence-electron chi connectivity index (χ1n) is 4.09. The highest BCUT2D eigenvalue weighted by molar-refractivity contribution is 7.89. The lowest BCUT2D eigenvalue weighted by Gasteiger charge is -2.33. The molecule has 1 aliphatic heterocycles. The number of hydrogen-bond donors (Lipinski definition) is 0. The molecule has 0 radical (unpaired) electrons. The zero-order valence-electron chi connectivity index (χ0n) is 7.92. The van der Waals surface area contributed by atoms with Crippen molar-refractivity contribution < 1.29 is 8.95 Å². The summed E-state index contributed by atoms with van der Waals surface area (Å²) in [5, 5.41) is 0. The third-order valence-electron chi connectivity index (χ3n) is 2.04. The summed E-state index contributed by atoms with van der Waals surface area (Å²) in [5.41, 5.74) is 0.0797. The Morgan fingerprint density at radius 1 is 1.58 bits per heavy atom. The van der Waals surface area contributed by atoms with Crippen LogP contribution in [0.4, 0.5) is 0 Å². The first-order chi connectivity index (χ1) is 5.41. The molecule has 0 N–H and O–H groups in total. The van der Waals surface area contributed by atoms with Crippen molar-refractivity contribution in [3.8, 4) is 0 Å². The lowest BCUT2D eigenvalue weighted by molar-refractivity contribution is 0.00790. The van der Waals surface area contributed by atoms with Gasteiger partial charge in [0.15, 0.2) is 0 Å². The highest BCUT2D eigenvalue weighted by Gasteiger charge is 2.31. The van der Waals surface area contributed by atoms with Crippen molar-refractivity contribution in [3.05, 3.63) is 11.5 Å². The minimum absolute atomic E-state index is 0.0797. The lowest BCUT2D eigenvalue weighted by atomic mass is 9.90. The summed E-state index contributed by atoms with van der Waals surface area (Å²) in [6.45, 7) is 10.4. The van der Waals surface area contributed by atoms with Gasteiger partial charge in [-0.3, -0.25) is 4.21 Å². The molecule has 2 nitrogen and oxygen atoms in total. The van der Waals surface area contributed by atoms with E-state index in [4.69, 9.17) is 4.74 Å². The van der Waals surface area contributed by atoms with Gasteiger partial charge in [0.2, 0.25) is 0 Å². The van der Waals surface area contributed by atoms with E-state index < -0.39 is 10.8 Å². The van der Waals surface area contributed by atoms with Crippen LogP contribution in [-0.2, 0) is 15.5 Å². The molecular formula is C9H16O2S. The summed E-state index contributed by atoms with van der Waals surface area (Å²) >= 11 is 0. The van der Waals surface area contributed by atoms with E-state index in [1.54, 1.807) is 0 Å². The minimum Gasteiger partial charge on any atom is -0.371 e. The third kappa shape index (κ3) is 2.17. The summed E-state index contributed by atoms with van der Waals surface area (Å²) in [6.07, 6.45) is 0.101. The van der Waals surface area contributed by atoms with Crippen molar-refractivity contribution in [2.24, 2.45) is 5.41 Å². The second kappa shape index (κ2) is 3.30. The monoisotopic (exact) mass is 188 g/mol. The van der Waals surface area contributed by atoms with Crippen LogP contribution < -0.4 is 0 Å². The Labute approximate surface area is 76.5 Å². The standard InChI is InChI=1S/C9H16O2S/c1-7-5-11-8(6-12(7)10)9(2,3)4/h8H,1,5-6H2,2-4H3/t8-,12+/m0/s1. The van der Waals surface area contributed by atoms with Crippen LogP contribution in [0.1, 0.15) is 20.8 Å². The van der Waals surface area contributed by atoms with Gasteiger partial charge in [0, 0.05) is 4.91 Å². The van der Waals surface area contributed by atoms with Crippen LogP contribution in [0.15, 0.2) is 11.5 Å². The van der Waals surface area contributed by atoms with Crippen LogP contribution in [0.3, 0.4) is 0 Å². The van der Waals surface area contributed by atoms with Gasteiger partial charge in [-0.1, -0.05) is 27.4 Å². The van der Waals surface area contributed by atoms with E-state index in [0.29, 0.717) is 12.4 Å². The molecule has 0 aromatic rings. The molecule has 1 fully saturated rings. The van der Waals surface area contributed by atoms with E-state index >= 15 is 0 Å². The molecule has 1 aliphatic rings. The van der Waals surface area contributed by atoms with Crippen LogP contribution in [0.25, 0.3) is 0 Å². The Kier molecular flexibility index (Phi) is 2.74. The average Bonchev–Trinajstić information content (AvgIpc) is 1.92. The van der Waals surface area contributed by atoms with Gasteiger partial charge in [0.25, 0.3) is 0 Å². The van der Waals surface area contributed by atoms with E-state index in [0.717, 1.165) is 4.91 Å². The molecule has 12 heavy (non-hydrogen) atoms. The van der Waals surface area contributed by atoms with Gasteiger partial charge in [0.05, 0.1) is 29.3 Å². The van der Waals surface area contributed by atoms with Crippen LogP contribution in [0, 0.1) is 5.41 Å². The molecule has 0 spiro atoms. The molecule has 0 bridgehead atoms. The molecule has 0 aromatic carbocycles. The van der Waals surface area contributed by atoms with Crippen LogP contribution in [0.5, 0.6) is 0 Å². The van der Waals surface area contributed by atoms with E-state index in [1.807, 2.05) is 0 Å². The Balaban J connectivity index is 2.63. The number of rotatable bonds is 0. The van der Waals surface area contributed by atoms with Gasteiger partial charge in [-0.25, -0.2) is 0 Å². The molecule has 0 saturated carbocycles. The maximum atomic E-state index is 11.4. The predicted octanol–water partition coefficient (Wildman–Crippen LogP) is 1.69. The SMILES string of the molecule is C=C1CO[C@H](C(C)(C)C)C[S@]1=O. The quantitative estimate of drug-likeness (QED) is 0.578. The molecule has 0 amide bonds. The van der Waals surface area contributed by atoms with Crippen LogP contribution in [0.2, 0.25) is 0 Å². The fourth-order valence-corrected chi connectivity index (χ4v) is 2.37. The molecule has 3 heteroatoms. The van der Waals surface area contributed by atoms with Gasteiger partial charge >= 0.3 is 0 Å². The molecule has 2 atom stereocenters. The summed E-state index contributed by atoms with van der Waals surface area (Å²) < 4.78 is 16.9. The molecular weight excluding hydrogens is 172 g/mol. The molecule has 1 saturated heterocycles. The zero-order chi connectivity index (χ0) is 9.35. The number of hydrogen-bond acceptors (Lipinski definition) is 2. The summed E-state index contributed by atoms with van der Waals surface area (Å²) in [7, 11) is -0.881. The van der Waals surface area contributed by atoms with Crippen LogP contribution >= 0.6 is 0 Å². The van der Waals surface area contributed by atoms with Crippen molar-refractivity contribution in [3.63, 3.8) is 0 Å². The molecule has 1 rings (SSSR count). The summed E-state index contributed by atoms with van der Waals surface area (Å²) in [5.74, 6) is 0.600. The number of ether oxygens (including phenoxy) is 1. The Morgan fingerprint density at radius 2 is 2.17 bits per heavy atom. The fourth-order valence-electron chi connectivity index (χ4n) is 1.06. The maximum absolute atomic E-state index is 11.4. The van der Waals surface area contributed by atoms with Crippen molar-refractivity contribution in [1.82, 2.24) is 0 Å². The zero-order valence-corrected chi connectivity index (χ0v) is 8.74. The normalized spacial score (nSPS) is 32.1. The largest absolute Gasteiger partial charge is 0.371 e. The summed E-state index contributed by atoms with van der Waals surface area (Å²) in [4.78, 5) is 0.718. The smallest absolute Gasteiger partial charge is 0.0799 e. The van der Waals surface area contributed by atoms with Gasteiger partial charge in [-0.2, -0.15) is 0 Å². The maximum Gasteiger partial charge on any atom is 0.0799 e. The topological polar surface area (TPSA) is 26.3 Å². The van der Waals surface area contributed by atoms with Crippen molar-refractivity contribution in [2.75, 3.05) is 12.4 Å². The van der Waals surface area contributed by atoms with Gasteiger partial charge < -0.3 is 4.74 Å². The molecule has 0 aliphatic carbocycles. The van der Waals surface area contributed by atoms with Crippen molar-refractivity contribution in [2.45, 2.75) is 26.9 Å². The van der Waals surface area contributed by atoms with E-state index in [1.165, 1.54) is 0 Å². The predicted molar refractivity (Wildman–Crippen MR) is 51.3 cm³/mol. The molecule has 70 valence electrons. The van der Waals surface area contributed by atoms with E-state index in [2.05, 4.69) is 27.4 Å². The first-order valence-corrected chi connectivity index (χ1v) is 5.41. The second-order valence-electron chi connectivity index (χ2n) is 4.22. The second-order valence-corrected chi connectivity index (χ2v) is 5.82. The fraction of sp³-hybridized carbons (Fsp3) is 0.778. The average molecular weight is 188 g/mol. The third-order valence-corrected chi connectivity index (χ3v) is 3.40. The van der Waals surface area contributed by atoms with E-state index in [9.17, 15) is 4.21 Å². The van der Waals surface area contributed by atoms with Crippen molar-refractivity contribution in [1.29, 1.82) is 0 Å². The highest BCUT2D eigenvalue weighted by Crippen LogP contribution is 2.27. The Bertz CT molecular complexity index is 215. The first kappa shape index (κ1) is 9.93. The molecule has 1 heterocycles. The van der Waals surface area contributed by atoms with Crippen molar-refractivity contribution >= 4 is 10.8 Å². The molecule has 0 unspecified atom stereocenters. The molecule has 0 aromatic heterocycles. The lowest BCUT2D eigenvalue weighted by Crippen LogP contribution is -2.39. The van der Waals surface area contributed by atoms with E-state index in [-0.39, 0.29) is 11.5 Å². The highest BCUT2D eigenvalue weighted by atomic mass is 32.2. The minimum atomic E-state index is -0.881. The van der Waals surface area contributed by atoms with Gasteiger partial charge in [0.1, 0.15) is 0 Å². The summed E-state index contributed by atoms with van der Waals surface area (Å²) in [6, 6.07) is 0. The van der Waals surface area contributed by atoms with Gasteiger partial charge in [-0.05, 0) is 5.41 Å². The Morgan fingerprint density at radius 3 is 2.58 bits per heavy atom. The van der Waals surface area contributed by atoms with Crippen LogP contribution in [-0.4, -0.2) is 22.7 Å². The Hall–Kier alpha value is -0.150. The van der Waals surface area contributed by atoms with Gasteiger partial charge in [-0.15, -0.1) is 0 Å².